The number of fused-ring (bicyclic) bond motifs is 1. The number of hydrogen-bond donors (Lipinski definition) is 1. The molecule has 0 amide bonds. The van der Waals surface area contributed by atoms with Crippen molar-refractivity contribution in [3.63, 3.8) is 0 Å². The first-order valence-corrected chi connectivity index (χ1v) is 5.58. The number of para-hydroxylation sites is 1. The van der Waals surface area contributed by atoms with E-state index in [-0.39, 0.29) is 0 Å². The molecule has 0 bridgehead atoms. The molecule has 2 aromatic rings. The fraction of sp³-hybridized carbons (Fsp3) is 0.417. The van der Waals surface area contributed by atoms with Gasteiger partial charge >= 0.3 is 0 Å². The summed E-state index contributed by atoms with van der Waals surface area (Å²) in [5, 5.41) is 0. The first kappa shape index (κ1) is 9.66. The summed E-state index contributed by atoms with van der Waals surface area (Å²) in [5.41, 5.74) is 9.29. The van der Waals surface area contributed by atoms with E-state index < -0.39 is 0 Å². The van der Waals surface area contributed by atoms with Crippen molar-refractivity contribution >= 4 is 17.0 Å². The summed E-state index contributed by atoms with van der Waals surface area (Å²) in [5.74, 6) is 0.597. The molecule has 2 heterocycles. The minimum atomic E-state index is 0.340. The Bertz CT molecular complexity index is 526. The topological polar surface area (TPSA) is 53.1 Å². The van der Waals surface area contributed by atoms with Crippen molar-refractivity contribution in [1.82, 2.24) is 9.55 Å². The molecule has 0 aliphatic carbocycles. The Kier molecular flexibility index (Phi) is 2.11. The van der Waals surface area contributed by atoms with Crippen LogP contribution in [0, 0.1) is 6.92 Å². The van der Waals surface area contributed by atoms with Crippen LogP contribution in [0.25, 0.3) is 11.0 Å². The molecule has 84 valence electrons. The molecule has 0 spiro atoms. The van der Waals surface area contributed by atoms with Gasteiger partial charge in [-0.05, 0) is 25.0 Å². The monoisotopic (exact) mass is 217 g/mol. The van der Waals surface area contributed by atoms with E-state index in [2.05, 4.69) is 28.6 Å². The van der Waals surface area contributed by atoms with Crippen LogP contribution in [0.1, 0.15) is 18.0 Å². The third-order valence-electron chi connectivity index (χ3n) is 3.22. The summed E-state index contributed by atoms with van der Waals surface area (Å²) in [6, 6.07) is 6.52. The fourth-order valence-electron chi connectivity index (χ4n) is 2.38. The predicted molar refractivity (Wildman–Crippen MR) is 63.4 cm³/mol. The number of nitrogens with zero attached hydrogens (tertiary/aromatic N) is 2. The van der Waals surface area contributed by atoms with Crippen LogP contribution < -0.4 is 5.73 Å². The molecule has 1 aromatic heterocycles. The Morgan fingerprint density at radius 1 is 1.50 bits per heavy atom. The maximum atomic E-state index is 6.00. The molecule has 1 fully saturated rings. The molecule has 1 aliphatic rings. The zero-order chi connectivity index (χ0) is 11.1. The number of aryl methyl sites for hydroxylation is 1. The van der Waals surface area contributed by atoms with Crippen molar-refractivity contribution in [2.45, 2.75) is 19.4 Å². The van der Waals surface area contributed by atoms with Gasteiger partial charge in [-0.1, -0.05) is 12.1 Å². The van der Waals surface area contributed by atoms with Gasteiger partial charge in [0.2, 0.25) is 5.95 Å². The number of aromatic nitrogens is 2. The second-order valence-corrected chi connectivity index (χ2v) is 4.30. The average molecular weight is 217 g/mol. The van der Waals surface area contributed by atoms with E-state index in [1.165, 1.54) is 5.56 Å². The molecule has 1 aromatic carbocycles. The lowest BCUT2D eigenvalue weighted by Gasteiger charge is -2.12. The van der Waals surface area contributed by atoms with Crippen LogP contribution in [0.4, 0.5) is 5.95 Å². The summed E-state index contributed by atoms with van der Waals surface area (Å²) in [4.78, 5) is 4.44. The van der Waals surface area contributed by atoms with Gasteiger partial charge in [-0.3, -0.25) is 0 Å². The van der Waals surface area contributed by atoms with Gasteiger partial charge in [0, 0.05) is 6.61 Å². The van der Waals surface area contributed by atoms with E-state index in [1.807, 2.05) is 6.07 Å². The van der Waals surface area contributed by atoms with E-state index in [0.29, 0.717) is 12.0 Å². The number of hydrogen-bond acceptors (Lipinski definition) is 3. The quantitative estimate of drug-likeness (QED) is 0.793. The van der Waals surface area contributed by atoms with Gasteiger partial charge in [0.1, 0.15) is 0 Å². The second kappa shape index (κ2) is 3.49. The van der Waals surface area contributed by atoms with E-state index in [1.54, 1.807) is 0 Å². The maximum Gasteiger partial charge on any atom is 0.201 e. The SMILES string of the molecule is Cc1cccc2c1nc(N)n2C1CCOC1. The largest absolute Gasteiger partial charge is 0.379 e. The number of benzene rings is 1. The minimum Gasteiger partial charge on any atom is -0.379 e. The average Bonchev–Trinajstić information content (AvgIpc) is 2.85. The standard InChI is InChI=1S/C12H15N3O/c1-8-3-2-4-10-11(8)14-12(13)15(10)9-5-6-16-7-9/h2-4,9H,5-7H2,1H3,(H2,13,14). The molecule has 1 aliphatic heterocycles. The number of imidazole rings is 1. The Morgan fingerprint density at radius 2 is 2.38 bits per heavy atom. The van der Waals surface area contributed by atoms with Crippen molar-refractivity contribution in [1.29, 1.82) is 0 Å². The zero-order valence-electron chi connectivity index (χ0n) is 9.31. The van der Waals surface area contributed by atoms with Crippen LogP contribution in [-0.2, 0) is 4.74 Å². The highest BCUT2D eigenvalue weighted by molar-refractivity contribution is 5.81. The third kappa shape index (κ3) is 1.30. The number of ether oxygens (including phenoxy) is 1. The molecular weight excluding hydrogens is 202 g/mol. The van der Waals surface area contributed by atoms with E-state index >= 15 is 0 Å². The highest BCUT2D eigenvalue weighted by atomic mass is 16.5. The van der Waals surface area contributed by atoms with Crippen LogP contribution in [0.2, 0.25) is 0 Å². The molecule has 2 N–H and O–H groups in total. The number of rotatable bonds is 1. The van der Waals surface area contributed by atoms with Gasteiger partial charge in [0.05, 0.1) is 23.7 Å². The van der Waals surface area contributed by atoms with Gasteiger partial charge < -0.3 is 15.0 Å². The van der Waals surface area contributed by atoms with E-state index in [0.717, 1.165) is 30.7 Å². The van der Waals surface area contributed by atoms with E-state index in [4.69, 9.17) is 10.5 Å². The van der Waals surface area contributed by atoms with Crippen molar-refractivity contribution in [3.8, 4) is 0 Å². The Morgan fingerprint density at radius 3 is 3.12 bits per heavy atom. The molecule has 1 saturated heterocycles. The number of nitrogens with two attached hydrogens (primary N) is 1. The smallest absolute Gasteiger partial charge is 0.201 e. The zero-order valence-corrected chi connectivity index (χ0v) is 9.31. The van der Waals surface area contributed by atoms with Gasteiger partial charge in [-0.25, -0.2) is 4.98 Å². The summed E-state index contributed by atoms with van der Waals surface area (Å²) >= 11 is 0. The van der Waals surface area contributed by atoms with E-state index in [9.17, 15) is 0 Å². The van der Waals surface area contributed by atoms with Gasteiger partial charge in [0.15, 0.2) is 0 Å². The second-order valence-electron chi connectivity index (χ2n) is 4.30. The number of anilines is 1. The van der Waals surface area contributed by atoms with Crippen molar-refractivity contribution in [2.75, 3.05) is 18.9 Å². The molecule has 4 heteroatoms. The molecule has 3 rings (SSSR count). The van der Waals surface area contributed by atoms with Gasteiger partial charge in [0.25, 0.3) is 0 Å². The van der Waals surface area contributed by atoms with Gasteiger partial charge in [-0.15, -0.1) is 0 Å². The van der Waals surface area contributed by atoms with Crippen LogP contribution in [-0.4, -0.2) is 22.8 Å². The van der Waals surface area contributed by atoms with Crippen LogP contribution in [0.3, 0.4) is 0 Å². The highest BCUT2D eigenvalue weighted by Crippen LogP contribution is 2.29. The summed E-state index contributed by atoms with van der Waals surface area (Å²) in [7, 11) is 0. The lowest BCUT2D eigenvalue weighted by molar-refractivity contribution is 0.187. The molecule has 16 heavy (non-hydrogen) atoms. The lowest BCUT2D eigenvalue weighted by atomic mass is 10.2. The van der Waals surface area contributed by atoms with Crippen molar-refractivity contribution in [2.24, 2.45) is 0 Å². The van der Waals surface area contributed by atoms with Crippen LogP contribution in [0.5, 0.6) is 0 Å². The summed E-state index contributed by atoms with van der Waals surface area (Å²) in [6.07, 6.45) is 1.02. The van der Waals surface area contributed by atoms with Gasteiger partial charge in [-0.2, -0.15) is 0 Å². The molecule has 0 saturated carbocycles. The summed E-state index contributed by atoms with van der Waals surface area (Å²) < 4.78 is 7.52. The predicted octanol–water partition coefficient (Wildman–Crippen LogP) is 1.89. The molecular formula is C12H15N3O. The molecule has 4 nitrogen and oxygen atoms in total. The first-order chi connectivity index (χ1) is 7.77. The number of nitrogen functional groups attached to an aromatic ring is 1. The normalized spacial score (nSPS) is 20.7. The van der Waals surface area contributed by atoms with Crippen LogP contribution >= 0.6 is 0 Å². The molecule has 1 unspecified atom stereocenters. The molecule has 1 atom stereocenters. The Labute approximate surface area is 94.0 Å². The summed E-state index contributed by atoms with van der Waals surface area (Å²) in [6.45, 7) is 3.61. The fourth-order valence-corrected chi connectivity index (χ4v) is 2.38. The Balaban J connectivity index is 2.22. The first-order valence-electron chi connectivity index (χ1n) is 5.58. The maximum absolute atomic E-state index is 6.00. The highest BCUT2D eigenvalue weighted by Gasteiger charge is 2.22. The third-order valence-corrected chi connectivity index (χ3v) is 3.22. The lowest BCUT2D eigenvalue weighted by Crippen LogP contribution is -2.11. The Hall–Kier alpha value is -1.55. The van der Waals surface area contributed by atoms with Crippen LogP contribution in [0.15, 0.2) is 18.2 Å². The minimum absolute atomic E-state index is 0.340. The molecule has 0 radical (unpaired) electrons. The van der Waals surface area contributed by atoms with Crippen molar-refractivity contribution < 1.29 is 4.74 Å². The van der Waals surface area contributed by atoms with Crippen molar-refractivity contribution in [3.05, 3.63) is 23.8 Å².